The predicted molar refractivity (Wildman–Crippen MR) is 111 cm³/mol. The lowest BCUT2D eigenvalue weighted by Gasteiger charge is -2.10. The molecule has 0 unspecified atom stereocenters. The molecule has 0 saturated carbocycles. The van der Waals surface area contributed by atoms with E-state index in [-0.39, 0.29) is 28.2 Å². The number of hydrogen-bond donors (Lipinski definition) is 3. The first kappa shape index (κ1) is 19.5. The summed E-state index contributed by atoms with van der Waals surface area (Å²) in [5, 5.41) is 0.666. The summed E-state index contributed by atoms with van der Waals surface area (Å²) >= 11 is 0. The molecule has 0 aliphatic heterocycles. The second-order valence-corrected chi connectivity index (χ2v) is 8.00. The summed E-state index contributed by atoms with van der Waals surface area (Å²) in [6, 6.07) is 12.7. The third kappa shape index (κ3) is 3.60. The standard InChI is InChI=1S/C20H17N3O6S/c1-2-28-20(25)29-16-11-21-18-17(16)14-10-13(8-9-15(14)22-19(18)24)30(26,27)23-12-6-4-3-5-7-12/h3-11,21,23H,2H2,1H3,(H,22,24). The molecule has 3 N–H and O–H groups in total. The number of ether oxygens (including phenoxy) is 2. The maximum absolute atomic E-state index is 12.8. The topological polar surface area (TPSA) is 130 Å². The normalized spacial score (nSPS) is 11.5. The molecule has 0 bridgehead atoms. The van der Waals surface area contributed by atoms with Gasteiger partial charge in [-0.15, -0.1) is 0 Å². The van der Waals surface area contributed by atoms with Crippen LogP contribution in [-0.4, -0.2) is 31.1 Å². The van der Waals surface area contributed by atoms with Gasteiger partial charge in [-0.25, -0.2) is 13.2 Å². The molecule has 0 saturated heterocycles. The van der Waals surface area contributed by atoms with Crippen molar-refractivity contribution in [3.8, 4) is 5.75 Å². The SMILES string of the molecule is CCOC(=O)Oc1c[nH]c2c(=O)[nH]c3ccc(S(=O)(=O)Nc4ccccc4)cc3c12. The van der Waals surface area contributed by atoms with E-state index in [1.165, 1.54) is 24.4 Å². The van der Waals surface area contributed by atoms with Crippen LogP contribution in [0, 0.1) is 0 Å². The summed E-state index contributed by atoms with van der Waals surface area (Å²) < 4.78 is 38.1. The van der Waals surface area contributed by atoms with Crippen molar-refractivity contribution in [2.45, 2.75) is 11.8 Å². The van der Waals surface area contributed by atoms with E-state index in [4.69, 9.17) is 9.47 Å². The minimum absolute atomic E-state index is 0.0181. The van der Waals surface area contributed by atoms with Gasteiger partial charge in [0, 0.05) is 22.8 Å². The van der Waals surface area contributed by atoms with Crippen LogP contribution in [0.1, 0.15) is 6.92 Å². The molecule has 4 rings (SSSR count). The quantitative estimate of drug-likeness (QED) is 0.419. The zero-order chi connectivity index (χ0) is 21.3. The summed E-state index contributed by atoms with van der Waals surface area (Å²) in [5.41, 5.74) is 0.512. The molecule has 0 amide bonds. The van der Waals surface area contributed by atoms with E-state index in [9.17, 15) is 18.0 Å². The van der Waals surface area contributed by atoms with Crippen molar-refractivity contribution >= 4 is 43.7 Å². The number of nitrogens with one attached hydrogen (secondary N) is 3. The number of hydrogen-bond acceptors (Lipinski definition) is 6. The summed E-state index contributed by atoms with van der Waals surface area (Å²) in [4.78, 5) is 29.5. The average Bonchev–Trinajstić information content (AvgIpc) is 3.13. The fourth-order valence-electron chi connectivity index (χ4n) is 3.08. The van der Waals surface area contributed by atoms with E-state index in [1.54, 1.807) is 37.3 Å². The molecule has 154 valence electrons. The van der Waals surface area contributed by atoms with E-state index in [0.29, 0.717) is 16.6 Å². The molecule has 2 heterocycles. The zero-order valence-electron chi connectivity index (χ0n) is 15.8. The van der Waals surface area contributed by atoms with Gasteiger partial charge in [0.1, 0.15) is 5.52 Å². The molecule has 30 heavy (non-hydrogen) atoms. The van der Waals surface area contributed by atoms with Crippen molar-refractivity contribution < 1.29 is 22.7 Å². The predicted octanol–water partition coefficient (Wildman–Crippen LogP) is 3.35. The molecule has 0 spiro atoms. The number of H-pyrrole nitrogens is 2. The minimum Gasteiger partial charge on any atom is -0.434 e. The largest absolute Gasteiger partial charge is 0.513 e. The molecule has 2 aromatic heterocycles. The van der Waals surface area contributed by atoms with Gasteiger partial charge < -0.3 is 19.4 Å². The van der Waals surface area contributed by atoms with Crippen molar-refractivity contribution in [1.82, 2.24) is 9.97 Å². The van der Waals surface area contributed by atoms with Crippen LogP contribution >= 0.6 is 0 Å². The van der Waals surface area contributed by atoms with E-state index in [2.05, 4.69) is 14.7 Å². The Labute approximate surface area is 170 Å². The number of sulfonamides is 1. The Balaban J connectivity index is 1.86. The van der Waals surface area contributed by atoms with Gasteiger partial charge in [0.15, 0.2) is 5.75 Å². The van der Waals surface area contributed by atoms with Crippen molar-refractivity contribution in [2.24, 2.45) is 0 Å². The van der Waals surface area contributed by atoms with Gasteiger partial charge in [-0.2, -0.15) is 0 Å². The van der Waals surface area contributed by atoms with Crippen LogP contribution in [0.5, 0.6) is 5.75 Å². The van der Waals surface area contributed by atoms with Crippen LogP contribution in [0.3, 0.4) is 0 Å². The van der Waals surface area contributed by atoms with Gasteiger partial charge >= 0.3 is 6.16 Å². The highest BCUT2D eigenvalue weighted by atomic mass is 32.2. The molecule has 10 heteroatoms. The zero-order valence-corrected chi connectivity index (χ0v) is 16.6. The van der Waals surface area contributed by atoms with Crippen molar-refractivity contribution in [3.63, 3.8) is 0 Å². The van der Waals surface area contributed by atoms with Crippen LogP contribution in [0.15, 0.2) is 64.4 Å². The van der Waals surface area contributed by atoms with E-state index in [0.717, 1.165) is 0 Å². The Morgan fingerprint density at radius 3 is 2.63 bits per heavy atom. The molecule has 0 fully saturated rings. The third-order valence-electron chi connectivity index (χ3n) is 4.37. The number of aromatic amines is 2. The minimum atomic E-state index is -3.90. The van der Waals surface area contributed by atoms with Crippen molar-refractivity contribution in [3.05, 3.63) is 65.1 Å². The highest BCUT2D eigenvalue weighted by molar-refractivity contribution is 7.92. The highest BCUT2D eigenvalue weighted by Gasteiger charge is 2.20. The van der Waals surface area contributed by atoms with Crippen LogP contribution in [0.25, 0.3) is 21.8 Å². The number of carbonyl (C=O) groups is 1. The first-order valence-electron chi connectivity index (χ1n) is 8.98. The number of carbonyl (C=O) groups excluding carboxylic acids is 1. The van der Waals surface area contributed by atoms with Gasteiger partial charge in [0.2, 0.25) is 0 Å². The monoisotopic (exact) mass is 427 g/mol. The lowest BCUT2D eigenvalue weighted by molar-refractivity contribution is 0.105. The first-order chi connectivity index (χ1) is 14.4. The van der Waals surface area contributed by atoms with Gasteiger partial charge in [0.05, 0.1) is 16.9 Å². The van der Waals surface area contributed by atoms with Gasteiger partial charge in [0.25, 0.3) is 15.6 Å². The number of fused-ring (bicyclic) bond motifs is 3. The second-order valence-electron chi connectivity index (χ2n) is 6.32. The molecule has 0 radical (unpaired) electrons. The number of para-hydroxylation sites is 1. The van der Waals surface area contributed by atoms with Gasteiger partial charge in [-0.1, -0.05) is 18.2 Å². The third-order valence-corrected chi connectivity index (χ3v) is 5.75. The maximum atomic E-state index is 12.8. The Morgan fingerprint density at radius 2 is 1.90 bits per heavy atom. The molecular formula is C20H17N3O6S. The van der Waals surface area contributed by atoms with Crippen molar-refractivity contribution in [2.75, 3.05) is 11.3 Å². The summed E-state index contributed by atoms with van der Waals surface area (Å²) in [6.45, 7) is 1.75. The summed E-state index contributed by atoms with van der Waals surface area (Å²) in [5.74, 6) is 0.0603. The molecule has 0 atom stereocenters. The number of anilines is 1. The van der Waals surface area contributed by atoms with Gasteiger partial charge in [-0.3, -0.25) is 9.52 Å². The van der Waals surface area contributed by atoms with Crippen LogP contribution < -0.4 is 15.0 Å². The van der Waals surface area contributed by atoms with E-state index >= 15 is 0 Å². The molecule has 2 aromatic carbocycles. The molecule has 9 nitrogen and oxygen atoms in total. The van der Waals surface area contributed by atoms with Gasteiger partial charge in [-0.05, 0) is 37.3 Å². The summed E-state index contributed by atoms with van der Waals surface area (Å²) in [7, 11) is -3.90. The first-order valence-corrected chi connectivity index (χ1v) is 10.5. The average molecular weight is 427 g/mol. The number of rotatable bonds is 5. The van der Waals surface area contributed by atoms with E-state index < -0.39 is 21.7 Å². The fraction of sp³-hybridized carbons (Fsp3) is 0.100. The Morgan fingerprint density at radius 1 is 1.13 bits per heavy atom. The Bertz CT molecular complexity index is 1410. The van der Waals surface area contributed by atoms with Crippen LogP contribution in [-0.2, 0) is 14.8 Å². The maximum Gasteiger partial charge on any atom is 0.513 e. The lowest BCUT2D eigenvalue weighted by Crippen LogP contribution is -2.13. The smallest absolute Gasteiger partial charge is 0.434 e. The lowest BCUT2D eigenvalue weighted by atomic mass is 10.1. The Kier molecular flexibility index (Phi) is 4.92. The number of benzene rings is 2. The molecule has 0 aliphatic carbocycles. The number of aromatic nitrogens is 2. The summed E-state index contributed by atoms with van der Waals surface area (Å²) in [6.07, 6.45) is 0.418. The molecular weight excluding hydrogens is 410 g/mol. The van der Waals surface area contributed by atoms with Crippen LogP contribution in [0.2, 0.25) is 0 Å². The highest BCUT2D eigenvalue weighted by Crippen LogP contribution is 2.32. The molecule has 4 aromatic rings. The van der Waals surface area contributed by atoms with Crippen LogP contribution in [0.4, 0.5) is 10.5 Å². The number of pyridine rings is 1. The van der Waals surface area contributed by atoms with Crippen molar-refractivity contribution in [1.29, 1.82) is 0 Å². The molecule has 0 aliphatic rings. The second kappa shape index (κ2) is 7.56. The fourth-order valence-corrected chi connectivity index (χ4v) is 4.17. The Hall–Kier alpha value is -3.79. The van der Waals surface area contributed by atoms with E-state index in [1.807, 2.05) is 0 Å².